The Morgan fingerprint density at radius 3 is 2.63 bits per heavy atom. The summed E-state index contributed by atoms with van der Waals surface area (Å²) >= 11 is 0. The first-order valence-corrected chi connectivity index (χ1v) is 7.53. The van der Waals surface area contributed by atoms with Crippen LogP contribution in [0.3, 0.4) is 0 Å². The standard InChI is InChI=1S/C17H26N2/c1-2-19-13-10-17(11-14-19)15-18-12-6-9-16-7-4-3-5-8-16/h3-9,17-18H,2,10-15H2,1H3/b9-6+. The second kappa shape index (κ2) is 8.13. The number of piperidine rings is 1. The zero-order valence-electron chi connectivity index (χ0n) is 12.0. The highest BCUT2D eigenvalue weighted by Crippen LogP contribution is 2.15. The fraction of sp³-hybridized carbons (Fsp3) is 0.529. The van der Waals surface area contributed by atoms with Crippen LogP contribution in [0.1, 0.15) is 25.3 Å². The monoisotopic (exact) mass is 258 g/mol. The zero-order valence-corrected chi connectivity index (χ0v) is 12.0. The molecular weight excluding hydrogens is 232 g/mol. The molecule has 1 heterocycles. The highest BCUT2D eigenvalue weighted by molar-refractivity contribution is 5.48. The summed E-state index contributed by atoms with van der Waals surface area (Å²) in [7, 11) is 0. The van der Waals surface area contributed by atoms with Crippen molar-refractivity contribution in [3.8, 4) is 0 Å². The van der Waals surface area contributed by atoms with E-state index in [1.807, 2.05) is 0 Å². The molecule has 1 saturated heterocycles. The summed E-state index contributed by atoms with van der Waals surface area (Å²) in [5, 5.41) is 3.55. The van der Waals surface area contributed by atoms with Crippen molar-refractivity contribution in [2.75, 3.05) is 32.7 Å². The molecule has 1 aromatic rings. The molecule has 0 amide bonds. The molecule has 0 aromatic heterocycles. The lowest BCUT2D eigenvalue weighted by molar-refractivity contribution is 0.191. The van der Waals surface area contributed by atoms with E-state index in [2.05, 4.69) is 59.6 Å². The molecule has 1 N–H and O–H groups in total. The predicted molar refractivity (Wildman–Crippen MR) is 83.2 cm³/mol. The lowest BCUT2D eigenvalue weighted by Crippen LogP contribution is -2.37. The van der Waals surface area contributed by atoms with Gasteiger partial charge in [0.15, 0.2) is 0 Å². The Morgan fingerprint density at radius 1 is 1.21 bits per heavy atom. The number of benzene rings is 1. The summed E-state index contributed by atoms with van der Waals surface area (Å²) in [5.41, 5.74) is 1.28. The van der Waals surface area contributed by atoms with Crippen molar-refractivity contribution in [3.63, 3.8) is 0 Å². The smallest absolute Gasteiger partial charge is 0.0138 e. The fourth-order valence-corrected chi connectivity index (χ4v) is 2.64. The van der Waals surface area contributed by atoms with Crippen molar-refractivity contribution in [1.82, 2.24) is 10.2 Å². The van der Waals surface area contributed by atoms with Crippen molar-refractivity contribution in [2.24, 2.45) is 5.92 Å². The maximum atomic E-state index is 3.55. The molecule has 1 aliphatic heterocycles. The molecule has 2 rings (SSSR count). The number of rotatable bonds is 6. The van der Waals surface area contributed by atoms with Gasteiger partial charge in [0.1, 0.15) is 0 Å². The van der Waals surface area contributed by atoms with Gasteiger partial charge >= 0.3 is 0 Å². The number of nitrogens with one attached hydrogen (secondary N) is 1. The average molecular weight is 258 g/mol. The first kappa shape index (κ1) is 14.3. The van der Waals surface area contributed by atoms with E-state index in [1.54, 1.807) is 0 Å². The summed E-state index contributed by atoms with van der Waals surface area (Å²) in [6.45, 7) is 8.16. The summed E-state index contributed by atoms with van der Waals surface area (Å²) in [5.74, 6) is 0.868. The molecule has 0 radical (unpaired) electrons. The predicted octanol–water partition coefficient (Wildman–Crippen LogP) is 3.02. The molecule has 0 bridgehead atoms. The van der Waals surface area contributed by atoms with Crippen LogP contribution in [0, 0.1) is 5.92 Å². The fourth-order valence-electron chi connectivity index (χ4n) is 2.64. The third-order valence-corrected chi connectivity index (χ3v) is 3.96. The van der Waals surface area contributed by atoms with Gasteiger partial charge in [-0.25, -0.2) is 0 Å². The van der Waals surface area contributed by atoms with E-state index in [0.29, 0.717) is 0 Å². The van der Waals surface area contributed by atoms with Gasteiger partial charge in [0, 0.05) is 6.54 Å². The Hall–Kier alpha value is -1.12. The maximum absolute atomic E-state index is 3.55. The first-order chi connectivity index (χ1) is 9.38. The summed E-state index contributed by atoms with van der Waals surface area (Å²) in [4.78, 5) is 2.55. The van der Waals surface area contributed by atoms with E-state index < -0.39 is 0 Å². The minimum Gasteiger partial charge on any atom is -0.313 e. The molecule has 1 fully saturated rings. The van der Waals surface area contributed by atoms with E-state index in [9.17, 15) is 0 Å². The van der Waals surface area contributed by atoms with Gasteiger partial charge in [-0.1, -0.05) is 49.4 Å². The van der Waals surface area contributed by atoms with Crippen molar-refractivity contribution in [3.05, 3.63) is 42.0 Å². The number of likely N-dealkylation sites (tertiary alicyclic amines) is 1. The topological polar surface area (TPSA) is 15.3 Å². The normalized spacial score (nSPS) is 18.2. The van der Waals surface area contributed by atoms with Crippen LogP contribution in [0.15, 0.2) is 36.4 Å². The van der Waals surface area contributed by atoms with Crippen molar-refractivity contribution in [2.45, 2.75) is 19.8 Å². The van der Waals surface area contributed by atoms with Crippen LogP contribution < -0.4 is 5.32 Å². The Balaban J connectivity index is 1.59. The zero-order chi connectivity index (χ0) is 13.3. The van der Waals surface area contributed by atoms with Gasteiger partial charge < -0.3 is 10.2 Å². The highest BCUT2D eigenvalue weighted by Gasteiger charge is 2.16. The Morgan fingerprint density at radius 2 is 1.95 bits per heavy atom. The number of hydrogen-bond acceptors (Lipinski definition) is 2. The number of nitrogens with zero attached hydrogens (tertiary/aromatic N) is 1. The van der Waals surface area contributed by atoms with Gasteiger partial charge in [-0.2, -0.15) is 0 Å². The molecule has 104 valence electrons. The lowest BCUT2D eigenvalue weighted by Gasteiger charge is -2.31. The van der Waals surface area contributed by atoms with E-state index in [0.717, 1.165) is 19.0 Å². The summed E-state index contributed by atoms with van der Waals surface area (Å²) in [6, 6.07) is 10.5. The van der Waals surface area contributed by atoms with Crippen LogP contribution in [0.2, 0.25) is 0 Å². The highest BCUT2D eigenvalue weighted by atomic mass is 15.1. The lowest BCUT2D eigenvalue weighted by atomic mass is 9.97. The minimum atomic E-state index is 0.868. The molecule has 2 heteroatoms. The number of hydrogen-bond donors (Lipinski definition) is 1. The van der Waals surface area contributed by atoms with E-state index in [-0.39, 0.29) is 0 Å². The minimum absolute atomic E-state index is 0.868. The van der Waals surface area contributed by atoms with Crippen LogP contribution in [0.25, 0.3) is 6.08 Å². The van der Waals surface area contributed by atoms with Crippen LogP contribution in [0.4, 0.5) is 0 Å². The summed E-state index contributed by atoms with van der Waals surface area (Å²) in [6.07, 6.45) is 7.11. The van der Waals surface area contributed by atoms with Crippen molar-refractivity contribution >= 4 is 6.08 Å². The van der Waals surface area contributed by atoms with Crippen LogP contribution >= 0.6 is 0 Å². The molecule has 2 nitrogen and oxygen atoms in total. The maximum Gasteiger partial charge on any atom is 0.0138 e. The first-order valence-electron chi connectivity index (χ1n) is 7.53. The van der Waals surface area contributed by atoms with E-state index >= 15 is 0 Å². The second-order valence-electron chi connectivity index (χ2n) is 5.35. The Bertz CT molecular complexity index is 364. The quantitative estimate of drug-likeness (QED) is 0.789. The molecule has 0 spiro atoms. The molecule has 19 heavy (non-hydrogen) atoms. The van der Waals surface area contributed by atoms with E-state index in [4.69, 9.17) is 0 Å². The third kappa shape index (κ3) is 5.17. The molecule has 1 aliphatic rings. The summed E-state index contributed by atoms with van der Waals surface area (Å²) < 4.78 is 0. The Labute approximate surface area is 117 Å². The van der Waals surface area contributed by atoms with Crippen molar-refractivity contribution < 1.29 is 0 Å². The van der Waals surface area contributed by atoms with Gasteiger partial charge in [0.2, 0.25) is 0 Å². The largest absolute Gasteiger partial charge is 0.313 e. The molecule has 0 aliphatic carbocycles. The van der Waals surface area contributed by atoms with Gasteiger partial charge in [-0.3, -0.25) is 0 Å². The molecular formula is C17H26N2. The molecule has 0 atom stereocenters. The molecule has 0 unspecified atom stereocenters. The van der Waals surface area contributed by atoms with Gasteiger partial charge in [0.25, 0.3) is 0 Å². The third-order valence-electron chi connectivity index (χ3n) is 3.96. The van der Waals surface area contributed by atoms with Gasteiger partial charge in [0.05, 0.1) is 0 Å². The van der Waals surface area contributed by atoms with Crippen LogP contribution in [-0.4, -0.2) is 37.6 Å². The Kier molecular flexibility index (Phi) is 6.12. The van der Waals surface area contributed by atoms with Gasteiger partial charge in [-0.05, 0) is 50.5 Å². The average Bonchev–Trinajstić information content (AvgIpc) is 2.49. The van der Waals surface area contributed by atoms with E-state index in [1.165, 1.54) is 38.0 Å². The van der Waals surface area contributed by atoms with Crippen molar-refractivity contribution in [1.29, 1.82) is 0 Å². The van der Waals surface area contributed by atoms with Crippen LogP contribution in [0.5, 0.6) is 0 Å². The second-order valence-corrected chi connectivity index (χ2v) is 5.35. The molecule has 1 aromatic carbocycles. The SMILES string of the molecule is CCN1CCC(CNC/C=C/c2ccccc2)CC1. The molecule has 0 saturated carbocycles. The van der Waals surface area contributed by atoms with Crippen LogP contribution in [-0.2, 0) is 0 Å². The van der Waals surface area contributed by atoms with Gasteiger partial charge in [-0.15, -0.1) is 0 Å².